The van der Waals surface area contributed by atoms with Gasteiger partial charge in [-0.2, -0.15) is 13.2 Å². The van der Waals surface area contributed by atoms with Crippen molar-refractivity contribution >= 4 is 5.97 Å². The third-order valence-electron chi connectivity index (χ3n) is 3.70. The molecule has 0 aromatic heterocycles. The van der Waals surface area contributed by atoms with Crippen molar-refractivity contribution in [2.75, 3.05) is 0 Å². The quantitative estimate of drug-likeness (QED) is 0.530. The molecule has 2 aromatic carbocycles. The lowest BCUT2D eigenvalue weighted by Gasteiger charge is -2.12. The number of hydrogen-bond donors (Lipinski definition) is 0. The lowest BCUT2D eigenvalue weighted by molar-refractivity contribution is -0.137. The fraction of sp³-hybridized carbons (Fsp3) is 0.316. The van der Waals surface area contributed by atoms with Crippen LogP contribution in [0.4, 0.5) is 13.2 Å². The van der Waals surface area contributed by atoms with Crippen molar-refractivity contribution in [3.8, 4) is 5.75 Å². The van der Waals surface area contributed by atoms with Gasteiger partial charge in [0.05, 0.1) is 5.56 Å². The third kappa shape index (κ3) is 5.72. The summed E-state index contributed by atoms with van der Waals surface area (Å²) in [5, 5.41) is 0. The molecule has 0 amide bonds. The minimum Gasteiger partial charge on any atom is -0.427 e. The van der Waals surface area contributed by atoms with Crippen LogP contribution in [0.5, 0.6) is 5.75 Å². The van der Waals surface area contributed by atoms with Gasteiger partial charge in [-0.25, -0.2) is 0 Å². The van der Waals surface area contributed by atoms with Crippen LogP contribution < -0.4 is 4.74 Å². The molecule has 2 nitrogen and oxygen atoms in total. The molecule has 0 aliphatic rings. The van der Waals surface area contributed by atoms with Crippen LogP contribution in [-0.4, -0.2) is 5.97 Å². The van der Waals surface area contributed by atoms with Crippen LogP contribution in [0.1, 0.15) is 30.9 Å². The fourth-order valence-corrected chi connectivity index (χ4v) is 2.32. The van der Waals surface area contributed by atoms with Crippen LogP contribution in [0, 0.1) is 5.92 Å². The Hall–Kier alpha value is -2.30. The first-order chi connectivity index (χ1) is 11.3. The van der Waals surface area contributed by atoms with Crippen molar-refractivity contribution in [1.82, 2.24) is 0 Å². The van der Waals surface area contributed by atoms with Gasteiger partial charge in [0.15, 0.2) is 0 Å². The molecular formula is C19H19F3O2. The van der Waals surface area contributed by atoms with Crippen LogP contribution in [0.3, 0.4) is 0 Å². The second-order valence-corrected chi connectivity index (χ2v) is 5.83. The Morgan fingerprint density at radius 2 is 1.67 bits per heavy atom. The zero-order chi connectivity index (χ0) is 17.6. The first-order valence-electron chi connectivity index (χ1n) is 7.76. The Bertz CT molecular complexity index is 649. The average molecular weight is 336 g/mol. The number of carbonyl (C=O) groups excluding carboxylic acids is 1. The monoisotopic (exact) mass is 336 g/mol. The Balaban J connectivity index is 1.78. The molecule has 2 rings (SSSR count). The van der Waals surface area contributed by atoms with Crippen LogP contribution in [0.25, 0.3) is 0 Å². The van der Waals surface area contributed by atoms with E-state index in [4.69, 9.17) is 4.74 Å². The Morgan fingerprint density at radius 3 is 2.25 bits per heavy atom. The Morgan fingerprint density at radius 1 is 1.04 bits per heavy atom. The minimum atomic E-state index is -4.31. The summed E-state index contributed by atoms with van der Waals surface area (Å²) in [4.78, 5) is 11.8. The van der Waals surface area contributed by atoms with Gasteiger partial charge in [0.1, 0.15) is 5.75 Å². The van der Waals surface area contributed by atoms with E-state index in [-0.39, 0.29) is 18.3 Å². The van der Waals surface area contributed by atoms with Crippen molar-refractivity contribution < 1.29 is 22.7 Å². The highest BCUT2D eigenvalue weighted by atomic mass is 19.4. The summed E-state index contributed by atoms with van der Waals surface area (Å²) >= 11 is 0. The number of aryl methyl sites for hydroxylation is 1. The summed E-state index contributed by atoms with van der Waals surface area (Å²) in [7, 11) is 0. The molecule has 5 heteroatoms. The molecule has 1 unspecified atom stereocenters. The van der Waals surface area contributed by atoms with Crippen molar-refractivity contribution in [2.24, 2.45) is 5.92 Å². The molecule has 0 aliphatic carbocycles. The molecule has 0 N–H and O–H groups in total. The number of halogens is 3. The average Bonchev–Trinajstić information content (AvgIpc) is 2.53. The van der Waals surface area contributed by atoms with E-state index in [1.54, 1.807) is 24.3 Å². The molecule has 0 saturated carbocycles. The van der Waals surface area contributed by atoms with Gasteiger partial charge in [0.2, 0.25) is 0 Å². The van der Waals surface area contributed by atoms with E-state index in [1.165, 1.54) is 12.1 Å². The zero-order valence-electron chi connectivity index (χ0n) is 13.3. The van der Waals surface area contributed by atoms with Crippen LogP contribution in [-0.2, 0) is 17.4 Å². The van der Waals surface area contributed by atoms with Gasteiger partial charge in [-0.3, -0.25) is 4.79 Å². The first kappa shape index (κ1) is 18.0. The lowest BCUT2D eigenvalue weighted by Crippen LogP contribution is -2.13. The number of benzene rings is 2. The molecule has 0 heterocycles. The minimum absolute atomic E-state index is 0.0866. The molecule has 0 radical (unpaired) electrons. The van der Waals surface area contributed by atoms with Crippen molar-refractivity contribution in [3.63, 3.8) is 0 Å². The van der Waals surface area contributed by atoms with E-state index in [0.29, 0.717) is 18.6 Å². The smallest absolute Gasteiger partial charge is 0.416 e. The zero-order valence-corrected chi connectivity index (χ0v) is 13.3. The van der Waals surface area contributed by atoms with Gasteiger partial charge >= 0.3 is 12.1 Å². The predicted octanol–water partition coefficient (Wildman–Crippen LogP) is 5.27. The molecule has 128 valence electrons. The van der Waals surface area contributed by atoms with Gasteiger partial charge in [-0.15, -0.1) is 0 Å². The number of alkyl halides is 3. The molecule has 0 fully saturated rings. The number of para-hydroxylation sites is 1. The fourth-order valence-electron chi connectivity index (χ4n) is 2.32. The molecular weight excluding hydrogens is 317 g/mol. The van der Waals surface area contributed by atoms with E-state index in [1.807, 2.05) is 13.0 Å². The molecule has 0 spiro atoms. The number of carbonyl (C=O) groups is 1. The van der Waals surface area contributed by atoms with Crippen LogP contribution >= 0.6 is 0 Å². The maximum atomic E-state index is 12.5. The van der Waals surface area contributed by atoms with Gasteiger partial charge in [-0.05, 0) is 48.6 Å². The summed E-state index contributed by atoms with van der Waals surface area (Å²) in [5.74, 6) is 0.294. The van der Waals surface area contributed by atoms with Crippen molar-refractivity contribution in [3.05, 3.63) is 65.7 Å². The van der Waals surface area contributed by atoms with Gasteiger partial charge in [0.25, 0.3) is 0 Å². The first-order valence-corrected chi connectivity index (χ1v) is 7.76. The molecule has 0 aliphatic heterocycles. The normalized spacial score (nSPS) is 12.7. The summed E-state index contributed by atoms with van der Waals surface area (Å²) in [6.45, 7) is 1.93. The highest BCUT2D eigenvalue weighted by Crippen LogP contribution is 2.29. The van der Waals surface area contributed by atoms with Gasteiger partial charge < -0.3 is 4.74 Å². The Kier molecular flexibility index (Phi) is 6.01. The second kappa shape index (κ2) is 7.99. The van der Waals surface area contributed by atoms with Gasteiger partial charge in [-0.1, -0.05) is 37.3 Å². The Labute approximate surface area is 139 Å². The van der Waals surface area contributed by atoms with E-state index >= 15 is 0 Å². The third-order valence-corrected chi connectivity index (χ3v) is 3.70. The molecule has 0 bridgehead atoms. The predicted molar refractivity (Wildman–Crippen MR) is 85.6 cm³/mol. The van der Waals surface area contributed by atoms with E-state index in [9.17, 15) is 18.0 Å². The number of hydrogen-bond acceptors (Lipinski definition) is 2. The summed E-state index contributed by atoms with van der Waals surface area (Å²) in [6.07, 6.45) is -2.71. The largest absolute Gasteiger partial charge is 0.427 e. The van der Waals surface area contributed by atoms with Gasteiger partial charge in [0, 0.05) is 6.42 Å². The molecule has 24 heavy (non-hydrogen) atoms. The highest BCUT2D eigenvalue weighted by molar-refractivity contribution is 5.72. The van der Waals surface area contributed by atoms with Crippen molar-refractivity contribution in [2.45, 2.75) is 32.4 Å². The lowest BCUT2D eigenvalue weighted by atomic mass is 9.98. The summed E-state index contributed by atoms with van der Waals surface area (Å²) in [6, 6.07) is 14.0. The summed E-state index contributed by atoms with van der Waals surface area (Å²) < 4.78 is 42.7. The number of esters is 1. The van der Waals surface area contributed by atoms with Crippen LogP contribution in [0.2, 0.25) is 0 Å². The number of ether oxygens (including phenoxy) is 1. The van der Waals surface area contributed by atoms with E-state index in [0.717, 1.165) is 17.7 Å². The van der Waals surface area contributed by atoms with Crippen LogP contribution in [0.15, 0.2) is 54.6 Å². The van der Waals surface area contributed by atoms with Crippen molar-refractivity contribution in [1.29, 1.82) is 0 Å². The SMILES string of the molecule is CC(CCc1ccc(C(F)(F)F)cc1)CC(=O)Oc1ccccc1. The van der Waals surface area contributed by atoms with E-state index < -0.39 is 11.7 Å². The second-order valence-electron chi connectivity index (χ2n) is 5.83. The molecule has 2 aromatic rings. The highest BCUT2D eigenvalue weighted by Gasteiger charge is 2.29. The standard InChI is InChI=1S/C19H19F3O2/c1-14(13-18(23)24-17-5-3-2-4-6-17)7-8-15-9-11-16(12-10-15)19(20,21)22/h2-6,9-12,14H,7-8,13H2,1H3. The molecule has 0 saturated heterocycles. The topological polar surface area (TPSA) is 26.3 Å². The summed E-state index contributed by atoms with van der Waals surface area (Å²) in [5.41, 5.74) is 0.178. The number of rotatable bonds is 6. The maximum absolute atomic E-state index is 12.5. The molecule has 1 atom stereocenters. The van der Waals surface area contributed by atoms with E-state index in [2.05, 4.69) is 0 Å². The maximum Gasteiger partial charge on any atom is 0.416 e.